The van der Waals surface area contributed by atoms with Crippen molar-refractivity contribution in [2.24, 2.45) is 5.73 Å². The normalized spacial score (nSPS) is 10.7. The molecule has 0 fully saturated rings. The molecule has 0 aliphatic heterocycles. The number of ether oxygens (including phenoxy) is 1. The van der Waals surface area contributed by atoms with Gasteiger partial charge in [-0.05, 0) is 43.5 Å². The molecule has 23 heavy (non-hydrogen) atoms. The van der Waals surface area contributed by atoms with E-state index in [4.69, 9.17) is 20.7 Å². The minimum absolute atomic E-state index is 0.229. The number of nitrogens with two attached hydrogens (primary N) is 1. The van der Waals surface area contributed by atoms with E-state index in [0.717, 1.165) is 19.3 Å². The van der Waals surface area contributed by atoms with E-state index < -0.39 is 11.9 Å². The van der Waals surface area contributed by atoms with Crippen LogP contribution in [0.2, 0.25) is 0 Å². The lowest BCUT2D eigenvalue weighted by Crippen LogP contribution is -2.37. The van der Waals surface area contributed by atoms with E-state index in [-0.39, 0.29) is 26.2 Å². The van der Waals surface area contributed by atoms with Gasteiger partial charge < -0.3 is 20.7 Å². The fourth-order valence-electron chi connectivity index (χ4n) is 2.11. The summed E-state index contributed by atoms with van der Waals surface area (Å²) in [5.41, 5.74) is 6.67. The highest BCUT2D eigenvalue weighted by Gasteiger charge is 2.13. The van der Waals surface area contributed by atoms with Crippen LogP contribution in [0, 0.1) is 0 Å². The molecule has 1 aromatic rings. The molecule has 7 heteroatoms. The van der Waals surface area contributed by atoms with Crippen molar-refractivity contribution in [3.8, 4) is 5.75 Å². The highest BCUT2D eigenvalue weighted by molar-refractivity contribution is 5.72. The molecule has 128 valence electrons. The summed E-state index contributed by atoms with van der Waals surface area (Å²) < 4.78 is 5.53. The number of rotatable bonds is 12. The molecule has 0 saturated carbocycles. The number of aryl methyl sites for hydroxylation is 1. The zero-order chi connectivity index (χ0) is 17.1. The van der Waals surface area contributed by atoms with E-state index in [1.807, 2.05) is 24.3 Å². The number of carboxylic acids is 2. The van der Waals surface area contributed by atoms with Gasteiger partial charge in [0, 0.05) is 6.54 Å². The zero-order valence-electron chi connectivity index (χ0n) is 13.1. The lowest BCUT2D eigenvalue weighted by Gasteiger charge is -2.18. The lowest BCUT2D eigenvalue weighted by molar-refractivity contribution is -0.141. The van der Waals surface area contributed by atoms with Gasteiger partial charge in [-0.15, -0.1) is 0 Å². The Bertz CT molecular complexity index is 474. The van der Waals surface area contributed by atoms with Crippen molar-refractivity contribution in [1.82, 2.24) is 4.90 Å². The molecular formula is C16H24N2O5. The van der Waals surface area contributed by atoms with Crippen LogP contribution >= 0.6 is 0 Å². The first-order chi connectivity index (χ1) is 11.0. The fraction of sp³-hybridized carbons (Fsp3) is 0.500. The molecule has 0 aliphatic carbocycles. The summed E-state index contributed by atoms with van der Waals surface area (Å²) >= 11 is 0. The van der Waals surface area contributed by atoms with E-state index in [1.54, 1.807) is 0 Å². The molecule has 0 heterocycles. The molecule has 0 atom stereocenters. The van der Waals surface area contributed by atoms with Crippen LogP contribution in [0.1, 0.15) is 18.4 Å². The molecular weight excluding hydrogens is 300 g/mol. The highest BCUT2D eigenvalue weighted by atomic mass is 16.5. The van der Waals surface area contributed by atoms with Gasteiger partial charge in [-0.1, -0.05) is 12.1 Å². The monoisotopic (exact) mass is 324 g/mol. The zero-order valence-corrected chi connectivity index (χ0v) is 13.1. The maximum atomic E-state index is 10.7. The molecule has 0 unspecified atom stereocenters. The summed E-state index contributed by atoms with van der Waals surface area (Å²) in [7, 11) is 0. The summed E-state index contributed by atoms with van der Waals surface area (Å²) in [4.78, 5) is 22.7. The molecule has 4 N–H and O–H groups in total. The van der Waals surface area contributed by atoms with Crippen LogP contribution in [0.15, 0.2) is 24.3 Å². The van der Waals surface area contributed by atoms with Crippen molar-refractivity contribution in [1.29, 1.82) is 0 Å². The Balaban J connectivity index is 2.37. The average Bonchev–Trinajstić information content (AvgIpc) is 2.48. The van der Waals surface area contributed by atoms with Crippen LogP contribution in [0.3, 0.4) is 0 Å². The van der Waals surface area contributed by atoms with Crippen LogP contribution < -0.4 is 10.5 Å². The van der Waals surface area contributed by atoms with E-state index in [9.17, 15) is 9.59 Å². The average molecular weight is 324 g/mol. The van der Waals surface area contributed by atoms with Gasteiger partial charge in [0.05, 0.1) is 13.1 Å². The van der Waals surface area contributed by atoms with Crippen molar-refractivity contribution >= 4 is 11.9 Å². The standard InChI is InChI=1S/C16H24N2O5/c17-8-2-1-3-13-4-6-14(7-5-13)23-10-9-18(11-15(19)20)12-16(21)22/h4-7H,1-3,8-12,17H2,(H,19,20)(H,21,22). The number of unbranched alkanes of at least 4 members (excludes halogenated alkanes) is 1. The smallest absolute Gasteiger partial charge is 0.317 e. The number of carbonyl (C=O) groups is 2. The molecule has 0 aliphatic rings. The van der Waals surface area contributed by atoms with Crippen LogP contribution in [0.4, 0.5) is 0 Å². The maximum absolute atomic E-state index is 10.7. The van der Waals surface area contributed by atoms with Gasteiger partial charge in [-0.2, -0.15) is 0 Å². The number of hydrogen-bond donors (Lipinski definition) is 3. The van der Waals surface area contributed by atoms with Gasteiger partial charge >= 0.3 is 11.9 Å². The second-order valence-corrected chi connectivity index (χ2v) is 5.24. The largest absolute Gasteiger partial charge is 0.492 e. The SMILES string of the molecule is NCCCCc1ccc(OCCN(CC(=O)O)CC(=O)O)cc1. The second-order valence-electron chi connectivity index (χ2n) is 5.24. The third-order valence-electron chi connectivity index (χ3n) is 3.24. The maximum Gasteiger partial charge on any atom is 0.317 e. The van der Waals surface area contributed by atoms with Gasteiger partial charge in [0.25, 0.3) is 0 Å². The first-order valence-electron chi connectivity index (χ1n) is 7.59. The van der Waals surface area contributed by atoms with E-state index >= 15 is 0 Å². The van der Waals surface area contributed by atoms with Gasteiger partial charge in [-0.25, -0.2) is 0 Å². The number of aliphatic carboxylic acids is 2. The van der Waals surface area contributed by atoms with Crippen LogP contribution in [0.25, 0.3) is 0 Å². The second kappa shape index (κ2) is 10.6. The molecule has 0 amide bonds. The molecule has 0 radical (unpaired) electrons. The Kier molecular flexibility index (Phi) is 8.71. The predicted octanol–water partition coefficient (Wildman–Crippen LogP) is 0.818. The third-order valence-corrected chi connectivity index (χ3v) is 3.24. The molecule has 0 bridgehead atoms. The first-order valence-corrected chi connectivity index (χ1v) is 7.59. The Morgan fingerprint density at radius 3 is 2.17 bits per heavy atom. The molecule has 7 nitrogen and oxygen atoms in total. The lowest BCUT2D eigenvalue weighted by atomic mass is 10.1. The number of hydrogen-bond acceptors (Lipinski definition) is 5. The van der Waals surface area contributed by atoms with Crippen molar-refractivity contribution in [2.75, 3.05) is 32.8 Å². The topological polar surface area (TPSA) is 113 Å². The Morgan fingerprint density at radius 1 is 1.04 bits per heavy atom. The third kappa shape index (κ3) is 8.80. The minimum Gasteiger partial charge on any atom is -0.492 e. The molecule has 0 saturated heterocycles. The van der Waals surface area contributed by atoms with Gasteiger partial charge in [-0.3, -0.25) is 14.5 Å². The van der Waals surface area contributed by atoms with Crippen molar-refractivity contribution in [3.05, 3.63) is 29.8 Å². The fourth-order valence-corrected chi connectivity index (χ4v) is 2.11. The van der Waals surface area contributed by atoms with Crippen LogP contribution in [0.5, 0.6) is 5.75 Å². The Labute approximate surface area is 135 Å². The number of benzene rings is 1. The van der Waals surface area contributed by atoms with Crippen molar-refractivity contribution in [3.63, 3.8) is 0 Å². The predicted molar refractivity (Wildman–Crippen MR) is 85.6 cm³/mol. The van der Waals surface area contributed by atoms with E-state index in [0.29, 0.717) is 12.3 Å². The van der Waals surface area contributed by atoms with Crippen LogP contribution in [-0.4, -0.2) is 59.8 Å². The summed E-state index contributed by atoms with van der Waals surface area (Å²) in [5.74, 6) is -1.45. The van der Waals surface area contributed by atoms with Gasteiger partial charge in [0.1, 0.15) is 12.4 Å². The summed E-state index contributed by atoms with van der Waals surface area (Å²) in [6, 6.07) is 7.68. The Morgan fingerprint density at radius 2 is 1.65 bits per heavy atom. The van der Waals surface area contributed by atoms with Crippen molar-refractivity contribution < 1.29 is 24.5 Å². The highest BCUT2D eigenvalue weighted by Crippen LogP contribution is 2.13. The number of nitrogens with zero attached hydrogens (tertiary/aromatic N) is 1. The quantitative estimate of drug-likeness (QED) is 0.488. The molecule has 1 aromatic carbocycles. The van der Waals surface area contributed by atoms with Crippen LogP contribution in [-0.2, 0) is 16.0 Å². The summed E-state index contributed by atoms with van der Waals surface area (Å²) in [6.45, 7) is 0.514. The van der Waals surface area contributed by atoms with Gasteiger partial charge in [0.15, 0.2) is 0 Å². The Hall–Kier alpha value is -2.12. The number of carboxylic acid groups (broad SMARTS) is 2. The molecule has 0 aromatic heterocycles. The summed E-state index contributed by atoms with van der Waals surface area (Å²) in [5, 5.41) is 17.5. The van der Waals surface area contributed by atoms with E-state index in [1.165, 1.54) is 10.5 Å². The van der Waals surface area contributed by atoms with Crippen molar-refractivity contribution in [2.45, 2.75) is 19.3 Å². The molecule has 0 spiro atoms. The first kappa shape index (κ1) is 18.9. The van der Waals surface area contributed by atoms with Gasteiger partial charge in [0.2, 0.25) is 0 Å². The van der Waals surface area contributed by atoms with E-state index in [2.05, 4.69) is 0 Å². The minimum atomic E-state index is -1.06. The summed E-state index contributed by atoms with van der Waals surface area (Å²) in [6.07, 6.45) is 3.03. The molecule has 1 rings (SSSR count).